The van der Waals surface area contributed by atoms with Gasteiger partial charge in [-0.2, -0.15) is 0 Å². The number of aliphatic carboxylic acids is 1. The predicted octanol–water partition coefficient (Wildman–Crippen LogP) is 3.26. The van der Waals surface area contributed by atoms with E-state index in [1.165, 1.54) is 5.56 Å². The molecule has 1 aromatic carbocycles. The summed E-state index contributed by atoms with van der Waals surface area (Å²) in [5.41, 5.74) is 3.17. The highest BCUT2D eigenvalue weighted by molar-refractivity contribution is 5.79. The van der Waals surface area contributed by atoms with E-state index in [0.29, 0.717) is 13.0 Å². The van der Waals surface area contributed by atoms with Gasteiger partial charge in [-0.25, -0.2) is 14.6 Å². The molecular weight excluding hydrogens is 346 g/mol. The SMILES string of the molecule is Cc1cccc(Cn2cncc2CCN(C(=O)O)C(CC(C)C)C(=O)O)c1. The van der Waals surface area contributed by atoms with Crippen LogP contribution >= 0.6 is 0 Å². The van der Waals surface area contributed by atoms with Crippen molar-refractivity contribution in [3.8, 4) is 0 Å². The Balaban J connectivity index is 2.11. The summed E-state index contributed by atoms with van der Waals surface area (Å²) in [5.74, 6) is -1.03. The van der Waals surface area contributed by atoms with E-state index in [4.69, 9.17) is 0 Å². The highest BCUT2D eigenvalue weighted by atomic mass is 16.4. The summed E-state index contributed by atoms with van der Waals surface area (Å²) in [6.45, 7) is 6.54. The number of amides is 1. The van der Waals surface area contributed by atoms with Crippen molar-refractivity contribution in [2.45, 2.75) is 46.2 Å². The van der Waals surface area contributed by atoms with Crippen molar-refractivity contribution in [3.05, 3.63) is 53.6 Å². The van der Waals surface area contributed by atoms with Gasteiger partial charge in [-0.05, 0) is 24.8 Å². The summed E-state index contributed by atoms with van der Waals surface area (Å²) in [5, 5.41) is 19.0. The molecule has 1 unspecified atom stereocenters. The summed E-state index contributed by atoms with van der Waals surface area (Å²) in [4.78, 5) is 28.4. The summed E-state index contributed by atoms with van der Waals surface area (Å²) < 4.78 is 1.97. The fraction of sp³-hybridized carbons (Fsp3) is 0.450. The van der Waals surface area contributed by atoms with Gasteiger partial charge in [0, 0.05) is 31.4 Å². The molecule has 1 amide bonds. The standard InChI is InChI=1S/C20H27N3O4/c1-14(2)9-18(19(24)25)23(20(26)27)8-7-17-11-21-13-22(17)12-16-6-4-5-15(3)10-16/h4-6,10-11,13-14,18H,7-9,12H2,1-3H3,(H,24,25)(H,26,27). The normalized spacial score (nSPS) is 12.1. The molecule has 7 heteroatoms. The van der Waals surface area contributed by atoms with Crippen molar-refractivity contribution in [2.75, 3.05) is 6.54 Å². The molecule has 146 valence electrons. The smallest absolute Gasteiger partial charge is 0.408 e. The number of hydrogen-bond acceptors (Lipinski definition) is 3. The lowest BCUT2D eigenvalue weighted by atomic mass is 10.0. The molecular formula is C20H27N3O4. The Kier molecular flexibility index (Phi) is 6.98. The molecule has 0 spiro atoms. The van der Waals surface area contributed by atoms with Crippen LogP contribution in [0.3, 0.4) is 0 Å². The molecule has 27 heavy (non-hydrogen) atoms. The maximum atomic E-state index is 11.6. The van der Waals surface area contributed by atoms with E-state index in [-0.39, 0.29) is 18.9 Å². The molecule has 7 nitrogen and oxygen atoms in total. The Morgan fingerprint density at radius 1 is 1.26 bits per heavy atom. The van der Waals surface area contributed by atoms with Crippen LogP contribution in [0.25, 0.3) is 0 Å². The number of carbonyl (C=O) groups is 2. The minimum Gasteiger partial charge on any atom is -0.480 e. The van der Waals surface area contributed by atoms with Crippen molar-refractivity contribution < 1.29 is 19.8 Å². The fourth-order valence-corrected chi connectivity index (χ4v) is 3.13. The van der Waals surface area contributed by atoms with Crippen LogP contribution in [-0.2, 0) is 17.8 Å². The van der Waals surface area contributed by atoms with Gasteiger partial charge in [0.25, 0.3) is 0 Å². The Labute approximate surface area is 159 Å². The minimum atomic E-state index is -1.22. The molecule has 0 aliphatic carbocycles. The number of aryl methyl sites for hydroxylation is 1. The highest BCUT2D eigenvalue weighted by Crippen LogP contribution is 2.15. The molecule has 0 radical (unpaired) electrons. The minimum absolute atomic E-state index is 0.0831. The molecule has 1 atom stereocenters. The molecule has 2 aromatic rings. The third-order valence-electron chi connectivity index (χ3n) is 4.44. The van der Waals surface area contributed by atoms with E-state index in [1.807, 2.05) is 43.5 Å². The third kappa shape index (κ3) is 5.84. The second-order valence-corrected chi connectivity index (χ2v) is 7.21. The van der Waals surface area contributed by atoms with E-state index < -0.39 is 18.1 Å². The molecule has 0 aliphatic heterocycles. The third-order valence-corrected chi connectivity index (χ3v) is 4.44. The zero-order chi connectivity index (χ0) is 20.0. The van der Waals surface area contributed by atoms with Crippen LogP contribution in [0.4, 0.5) is 4.79 Å². The average Bonchev–Trinajstić information content (AvgIpc) is 3.00. The first kappa shape index (κ1) is 20.5. The largest absolute Gasteiger partial charge is 0.480 e. The number of rotatable bonds is 9. The molecule has 0 bridgehead atoms. The first-order valence-electron chi connectivity index (χ1n) is 9.04. The summed E-state index contributed by atoms with van der Waals surface area (Å²) in [7, 11) is 0. The van der Waals surface area contributed by atoms with Gasteiger partial charge in [-0.1, -0.05) is 43.7 Å². The first-order valence-corrected chi connectivity index (χ1v) is 9.04. The summed E-state index contributed by atoms with van der Waals surface area (Å²) in [6.07, 6.45) is 2.89. The van der Waals surface area contributed by atoms with E-state index in [9.17, 15) is 19.8 Å². The van der Waals surface area contributed by atoms with Crippen LogP contribution in [0.2, 0.25) is 0 Å². The van der Waals surface area contributed by atoms with E-state index in [1.54, 1.807) is 12.5 Å². The number of benzene rings is 1. The number of nitrogens with zero attached hydrogens (tertiary/aromatic N) is 3. The van der Waals surface area contributed by atoms with Gasteiger partial charge in [-0.3, -0.25) is 4.90 Å². The Morgan fingerprint density at radius 3 is 2.59 bits per heavy atom. The van der Waals surface area contributed by atoms with Gasteiger partial charge in [-0.15, -0.1) is 0 Å². The van der Waals surface area contributed by atoms with Crippen LogP contribution in [0, 0.1) is 12.8 Å². The van der Waals surface area contributed by atoms with Gasteiger partial charge in [0.15, 0.2) is 0 Å². The summed E-state index contributed by atoms with van der Waals surface area (Å²) >= 11 is 0. The van der Waals surface area contributed by atoms with Crippen molar-refractivity contribution in [1.82, 2.24) is 14.5 Å². The van der Waals surface area contributed by atoms with Crippen LogP contribution < -0.4 is 0 Å². The molecule has 0 aliphatic rings. The number of imidazole rings is 1. The Hall–Kier alpha value is -2.83. The molecule has 0 saturated heterocycles. The lowest BCUT2D eigenvalue weighted by Gasteiger charge is -2.27. The molecule has 1 aromatic heterocycles. The lowest BCUT2D eigenvalue weighted by molar-refractivity contribution is -0.143. The zero-order valence-electron chi connectivity index (χ0n) is 16.0. The van der Waals surface area contributed by atoms with E-state index in [2.05, 4.69) is 11.1 Å². The number of aromatic nitrogens is 2. The van der Waals surface area contributed by atoms with Crippen molar-refractivity contribution >= 4 is 12.1 Å². The molecule has 1 heterocycles. The second-order valence-electron chi connectivity index (χ2n) is 7.21. The highest BCUT2D eigenvalue weighted by Gasteiger charge is 2.30. The zero-order valence-corrected chi connectivity index (χ0v) is 16.0. The maximum absolute atomic E-state index is 11.6. The topological polar surface area (TPSA) is 95.7 Å². The van der Waals surface area contributed by atoms with Gasteiger partial charge in [0.2, 0.25) is 0 Å². The number of hydrogen-bond donors (Lipinski definition) is 2. The molecule has 0 fully saturated rings. The van der Waals surface area contributed by atoms with Crippen molar-refractivity contribution in [2.24, 2.45) is 5.92 Å². The van der Waals surface area contributed by atoms with Crippen LogP contribution in [0.5, 0.6) is 0 Å². The monoisotopic (exact) mass is 373 g/mol. The van der Waals surface area contributed by atoms with Crippen LogP contribution in [0.15, 0.2) is 36.8 Å². The maximum Gasteiger partial charge on any atom is 0.408 e. The molecule has 2 N–H and O–H groups in total. The van der Waals surface area contributed by atoms with E-state index >= 15 is 0 Å². The molecule has 2 rings (SSSR count). The van der Waals surface area contributed by atoms with Gasteiger partial charge in [0.1, 0.15) is 6.04 Å². The van der Waals surface area contributed by atoms with Gasteiger partial charge >= 0.3 is 12.1 Å². The fourth-order valence-electron chi connectivity index (χ4n) is 3.13. The first-order chi connectivity index (χ1) is 12.8. The van der Waals surface area contributed by atoms with Crippen molar-refractivity contribution in [3.63, 3.8) is 0 Å². The Morgan fingerprint density at radius 2 is 2.00 bits per heavy atom. The summed E-state index contributed by atoms with van der Waals surface area (Å²) in [6, 6.07) is 7.11. The second kappa shape index (κ2) is 9.21. The van der Waals surface area contributed by atoms with Gasteiger partial charge in [0.05, 0.1) is 6.33 Å². The number of carboxylic acid groups (broad SMARTS) is 2. The number of carboxylic acids is 1. The average molecular weight is 373 g/mol. The van der Waals surface area contributed by atoms with E-state index in [0.717, 1.165) is 16.2 Å². The quantitative estimate of drug-likeness (QED) is 0.703. The predicted molar refractivity (Wildman–Crippen MR) is 102 cm³/mol. The van der Waals surface area contributed by atoms with Crippen LogP contribution in [-0.4, -0.2) is 49.3 Å². The van der Waals surface area contributed by atoms with Crippen LogP contribution in [0.1, 0.15) is 37.1 Å². The molecule has 0 saturated carbocycles. The van der Waals surface area contributed by atoms with Crippen molar-refractivity contribution in [1.29, 1.82) is 0 Å². The lowest BCUT2D eigenvalue weighted by Crippen LogP contribution is -2.46. The Bertz CT molecular complexity index is 785. The van der Waals surface area contributed by atoms with Gasteiger partial charge < -0.3 is 14.8 Å².